The lowest BCUT2D eigenvalue weighted by Gasteiger charge is -2.35. The molecule has 0 spiro atoms. The average Bonchev–Trinajstić information content (AvgIpc) is 2.95. The molecule has 3 rings (SSSR count). The molecule has 0 aliphatic carbocycles. The van der Waals surface area contributed by atoms with Gasteiger partial charge in [0.1, 0.15) is 0 Å². The number of hydrogen-bond donors (Lipinski definition) is 1. The van der Waals surface area contributed by atoms with Gasteiger partial charge in [-0.05, 0) is 18.6 Å². The first kappa shape index (κ1) is 17.7. The van der Waals surface area contributed by atoms with E-state index in [0.29, 0.717) is 31.8 Å². The molecule has 1 aromatic heterocycles. The molecule has 1 atom stereocenters. The SMILES string of the molecule is CCC(O)CN1CCN(C(=O)CCn2c(=O)oc3ccccc32)CC1. The molecule has 25 heavy (non-hydrogen) atoms. The lowest BCUT2D eigenvalue weighted by atomic mass is 10.2. The summed E-state index contributed by atoms with van der Waals surface area (Å²) >= 11 is 0. The topological polar surface area (TPSA) is 78.9 Å². The van der Waals surface area contributed by atoms with E-state index in [9.17, 15) is 14.7 Å². The summed E-state index contributed by atoms with van der Waals surface area (Å²) in [5.41, 5.74) is 1.27. The number of benzene rings is 1. The Balaban J connectivity index is 1.53. The number of nitrogens with zero attached hydrogens (tertiary/aromatic N) is 3. The van der Waals surface area contributed by atoms with Gasteiger partial charge in [0.2, 0.25) is 5.91 Å². The maximum Gasteiger partial charge on any atom is 0.419 e. The summed E-state index contributed by atoms with van der Waals surface area (Å²) in [6, 6.07) is 7.23. The van der Waals surface area contributed by atoms with Crippen LogP contribution in [0, 0.1) is 0 Å². The van der Waals surface area contributed by atoms with E-state index in [4.69, 9.17) is 4.42 Å². The molecular formula is C18H25N3O4. The molecule has 2 heterocycles. The third-order valence-electron chi connectivity index (χ3n) is 4.79. The second-order valence-electron chi connectivity index (χ2n) is 6.48. The Bertz CT molecular complexity index is 774. The average molecular weight is 347 g/mol. The van der Waals surface area contributed by atoms with Crippen molar-refractivity contribution in [2.75, 3.05) is 32.7 Å². The number of aryl methyl sites for hydroxylation is 1. The van der Waals surface area contributed by atoms with Crippen molar-refractivity contribution in [3.05, 3.63) is 34.8 Å². The largest absolute Gasteiger partial charge is 0.419 e. The summed E-state index contributed by atoms with van der Waals surface area (Å²) in [5, 5.41) is 9.72. The molecule has 0 radical (unpaired) electrons. The Morgan fingerprint density at radius 3 is 2.68 bits per heavy atom. The number of β-amino-alcohol motifs (C(OH)–C–C–N with tert-alkyl or cyclic N) is 1. The number of aromatic nitrogens is 1. The zero-order valence-electron chi connectivity index (χ0n) is 14.6. The highest BCUT2D eigenvalue weighted by Crippen LogP contribution is 2.13. The number of amides is 1. The molecule has 1 unspecified atom stereocenters. The Kier molecular flexibility index (Phi) is 5.55. The van der Waals surface area contributed by atoms with Gasteiger partial charge in [-0.15, -0.1) is 0 Å². The molecule has 1 N–H and O–H groups in total. The van der Waals surface area contributed by atoms with Crippen LogP contribution >= 0.6 is 0 Å². The fourth-order valence-electron chi connectivity index (χ4n) is 3.20. The van der Waals surface area contributed by atoms with Crippen LogP contribution in [0.25, 0.3) is 11.1 Å². The van der Waals surface area contributed by atoms with Gasteiger partial charge in [0.05, 0.1) is 11.6 Å². The minimum atomic E-state index is -0.424. The molecule has 1 fully saturated rings. The summed E-state index contributed by atoms with van der Waals surface area (Å²) < 4.78 is 6.71. The van der Waals surface area contributed by atoms with E-state index in [0.717, 1.165) is 25.0 Å². The standard InChI is InChI=1S/C18H25N3O4/c1-2-14(22)13-19-9-11-20(12-10-19)17(23)7-8-21-15-5-3-4-6-16(15)25-18(21)24/h3-6,14,22H,2,7-13H2,1H3. The number of carbonyl (C=O) groups is 1. The van der Waals surface area contributed by atoms with Gasteiger partial charge in [-0.3, -0.25) is 14.3 Å². The highest BCUT2D eigenvalue weighted by Gasteiger charge is 2.22. The van der Waals surface area contributed by atoms with E-state index in [2.05, 4.69) is 4.90 Å². The minimum absolute atomic E-state index is 0.0490. The van der Waals surface area contributed by atoms with E-state index in [1.54, 1.807) is 6.07 Å². The van der Waals surface area contributed by atoms with Crippen LogP contribution in [0.2, 0.25) is 0 Å². The number of aliphatic hydroxyl groups is 1. The van der Waals surface area contributed by atoms with E-state index in [-0.39, 0.29) is 18.4 Å². The molecule has 7 heteroatoms. The summed E-state index contributed by atoms with van der Waals surface area (Å²) in [6.45, 7) is 5.83. The Labute approximate surface area is 146 Å². The highest BCUT2D eigenvalue weighted by molar-refractivity contribution is 5.77. The van der Waals surface area contributed by atoms with Crippen molar-refractivity contribution < 1.29 is 14.3 Å². The molecule has 1 amide bonds. The van der Waals surface area contributed by atoms with Crippen molar-refractivity contribution in [3.63, 3.8) is 0 Å². The van der Waals surface area contributed by atoms with Crippen molar-refractivity contribution in [2.45, 2.75) is 32.4 Å². The molecule has 1 aromatic carbocycles. The number of rotatable bonds is 6. The molecule has 136 valence electrons. The van der Waals surface area contributed by atoms with E-state index in [1.807, 2.05) is 30.0 Å². The van der Waals surface area contributed by atoms with Gasteiger partial charge in [0.25, 0.3) is 0 Å². The molecule has 0 saturated carbocycles. The number of fused-ring (bicyclic) bond motifs is 1. The van der Waals surface area contributed by atoms with Crippen LogP contribution in [0.15, 0.2) is 33.5 Å². The Morgan fingerprint density at radius 1 is 1.24 bits per heavy atom. The molecule has 1 saturated heterocycles. The normalized spacial score (nSPS) is 17.1. The molecule has 1 aliphatic rings. The fourth-order valence-corrected chi connectivity index (χ4v) is 3.20. The van der Waals surface area contributed by atoms with Crippen molar-refractivity contribution in [1.82, 2.24) is 14.4 Å². The number of piperazine rings is 1. The fraction of sp³-hybridized carbons (Fsp3) is 0.556. The van der Waals surface area contributed by atoms with Gasteiger partial charge in [-0.25, -0.2) is 4.79 Å². The number of carbonyl (C=O) groups excluding carboxylic acids is 1. The Hall–Kier alpha value is -2.12. The maximum absolute atomic E-state index is 12.4. The van der Waals surface area contributed by atoms with Crippen LogP contribution in [0.3, 0.4) is 0 Å². The second kappa shape index (κ2) is 7.84. The lowest BCUT2D eigenvalue weighted by molar-refractivity contribution is -0.133. The van der Waals surface area contributed by atoms with E-state index < -0.39 is 5.76 Å². The predicted octanol–water partition coefficient (Wildman–Crippen LogP) is 0.900. The quantitative estimate of drug-likeness (QED) is 0.840. The first-order valence-electron chi connectivity index (χ1n) is 8.85. The van der Waals surface area contributed by atoms with Crippen LogP contribution < -0.4 is 5.76 Å². The van der Waals surface area contributed by atoms with Gasteiger partial charge in [-0.1, -0.05) is 19.1 Å². The van der Waals surface area contributed by atoms with Crippen molar-refractivity contribution in [3.8, 4) is 0 Å². The van der Waals surface area contributed by atoms with Crippen molar-refractivity contribution in [1.29, 1.82) is 0 Å². The van der Waals surface area contributed by atoms with Gasteiger partial charge in [-0.2, -0.15) is 0 Å². The van der Waals surface area contributed by atoms with Crippen LogP contribution in [0.4, 0.5) is 0 Å². The summed E-state index contributed by atoms with van der Waals surface area (Å²) in [7, 11) is 0. The molecule has 0 bridgehead atoms. The maximum atomic E-state index is 12.4. The number of para-hydroxylation sites is 2. The highest BCUT2D eigenvalue weighted by atomic mass is 16.4. The van der Waals surface area contributed by atoms with Gasteiger partial charge in [0, 0.05) is 45.7 Å². The predicted molar refractivity (Wildman–Crippen MR) is 94.4 cm³/mol. The zero-order valence-corrected chi connectivity index (χ0v) is 14.6. The summed E-state index contributed by atoms with van der Waals surface area (Å²) in [5.74, 6) is -0.375. The van der Waals surface area contributed by atoms with Crippen molar-refractivity contribution >= 4 is 17.0 Å². The van der Waals surface area contributed by atoms with Gasteiger partial charge < -0.3 is 14.4 Å². The molecule has 1 aliphatic heterocycles. The zero-order chi connectivity index (χ0) is 17.8. The first-order valence-corrected chi connectivity index (χ1v) is 8.85. The number of oxazole rings is 1. The van der Waals surface area contributed by atoms with E-state index >= 15 is 0 Å². The van der Waals surface area contributed by atoms with Crippen LogP contribution in [-0.2, 0) is 11.3 Å². The third-order valence-corrected chi connectivity index (χ3v) is 4.79. The van der Waals surface area contributed by atoms with Crippen LogP contribution in [-0.4, -0.2) is 64.2 Å². The van der Waals surface area contributed by atoms with Gasteiger partial charge >= 0.3 is 5.76 Å². The number of aliphatic hydroxyl groups excluding tert-OH is 1. The second-order valence-corrected chi connectivity index (χ2v) is 6.48. The van der Waals surface area contributed by atoms with Crippen molar-refractivity contribution in [2.24, 2.45) is 0 Å². The third kappa shape index (κ3) is 4.11. The molecule has 7 nitrogen and oxygen atoms in total. The summed E-state index contributed by atoms with van der Waals surface area (Å²) in [6.07, 6.45) is 0.719. The minimum Gasteiger partial charge on any atom is -0.408 e. The molecule has 2 aromatic rings. The van der Waals surface area contributed by atoms with E-state index in [1.165, 1.54) is 4.57 Å². The van der Waals surface area contributed by atoms with Gasteiger partial charge in [0.15, 0.2) is 5.58 Å². The Morgan fingerprint density at radius 2 is 1.96 bits per heavy atom. The van der Waals surface area contributed by atoms with Crippen LogP contribution in [0.1, 0.15) is 19.8 Å². The molecular weight excluding hydrogens is 322 g/mol. The summed E-state index contributed by atoms with van der Waals surface area (Å²) in [4.78, 5) is 28.4. The monoisotopic (exact) mass is 347 g/mol. The lowest BCUT2D eigenvalue weighted by Crippen LogP contribution is -2.50. The first-order chi connectivity index (χ1) is 12.1. The smallest absolute Gasteiger partial charge is 0.408 e. The van der Waals surface area contributed by atoms with Crippen LogP contribution in [0.5, 0.6) is 0 Å². The number of hydrogen-bond acceptors (Lipinski definition) is 5.